The number of phenolic OH excluding ortho intramolecular Hbond substituents is 2. The number of piperidine rings is 1. The molecule has 0 saturated carbocycles. The first-order chi connectivity index (χ1) is 9.80. The van der Waals surface area contributed by atoms with Gasteiger partial charge < -0.3 is 15.3 Å². The number of nitrogens with zero attached hydrogens (tertiary/aromatic N) is 1. The minimum atomic E-state index is -0.762. The molecule has 1 saturated heterocycles. The van der Waals surface area contributed by atoms with Crippen LogP contribution >= 0.6 is 0 Å². The Kier molecular flexibility index (Phi) is 4.42. The van der Waals surface area contributed by atoms with Crippen molar-refractivity contribution in [3.63, 3.8) is 0 Å². The van der Waals surface area contributed by atoms with Crippen LogP contribution in [0.25, 0.3) is 0 Å². The SMILES string of the molecule is CC(C)(C(=O)O)C1CCCN(Cc2ccc(O)cc2O)C1. The summed E-state index contributed by atoms with van der Waals surface area (Å²) in [6.45, 7) is 5.73. The lowest BCUT2D eigenvalue weighted by molar-refractivity contribution is -0.151. The van der Waals surface area contributed by atoms with Crippen LogP contribution in [0.3, 0.4) is 0 Å². The summed E-state index contributed by atoms with van der Waals surface area (Å²) in [6.07, 6.45) is 1.87. The van der Waals surface area contributed by atoms with Gasteiger partial charge in [-0.2, -0.15) is 0 Å². The maximum absolute atomic E-state index is 11.4. The van der Waals surface area contributed by atoms with Gasteiger partial charge in [0.25, 0.3) is 0 Å². The average Bonchev–Trinajstić information content (AvgIpc) is 2.42. The van der Waals surface area contributed by atoms with Crippen molar-refractivity contribution in [3.8, 4) is 11.5 Å². The van der Waals surface area contributed by atoms with Gasteiger partial charge in [0.05, 0.1) is 5.41 Å². The molecule has 1 aliphatic rings. The number of aromatic hydroxyl groups is 2. The van der Waals surface area contributed by atoms with E-state index in [2.05, 4.69) is 4.90 Å². The molecular weight excluding hydrogens is 270 g/mol. The minimum absolute atomic E-state index is 0.0415. The highest BCUT2D eigenvalue weighted by atomic mass is 16.4. The van der Waals surface area contributed by atoms with E-state index >= 15 is 0 Å². The van der Waals surface area contributed by atoms with Crippen molar-refractivity contribution in [1.29, 1.82) is 0 Å². The van der Waals surface area contributed by atoms with Gasteiger partial charge in [0.2, 0.25) is 0 Å². The standard InChI is InChI=1S/C16H23NO4/c1-16(2,15(20)21)12-4-3-7-17(10-12)9-11-5-6-13(18)8-14(11)19/h5-6,8,12,18-19H,3-4,7,9-10H2,1-2H3,(H,20,21). The third kappa shape index (κ3) is 3.47. The molecule has 0 amide bonds. The lowest BCUT2D eigenvalue weighted by Gasteiger charge is -2.39. The second-order valence-corrected chi connectivity index (χ2v) is 6.41. The largest absolute Gasteiger partial charge is 0.508 e. The molecule has 5 heteroatoms. The fourth-order valence-corrected chi connectivity index (χ4v) is 2.89. The Bertz CT molecular complexity index is 527. The summed E-state index contributed by atoms with van der Waals surface area (Å²) in [5.74, 6) is -0.542. The second kappa shape index (κ2) is 5.93. The van der Waals surface area contributed by atoms with Gasteiger partial charge in [-0.25, -0.2) is 0 Å². The first kappa shape index (κ1) is 15.6. The molecule has 0 aromatic heterocycles. The van der Waals surface area contributed by atoms with Gasteiger partial charge in [0.15, 0.2) is 0 Å². The van der Waals surface area contributed by atoms with Crippen LogP contribution in [-0.4, -0.2) is 39.3 Å². The van der Waals surface area contributed by atoms with Gasteiger partial charge in [-0.15, -0.1) is 0 Å². The zero-order valence-electron chi connectivity index (χ0n) is 12.5. The number of benzene rings is 1. The van der Waals surface area contributed by atoms with Crippen molar-refractivity contribution < 1.29 is 20.1 Å². The molecule has 0 aliphatic carbocycles. The Morgan fingerprint density at radius 1 is 1.38 bits per heavy atom. The van der Waals surface area contributed by atoms with Gasteiger partial charge >= 0.3 is 5.97 Å². The zero-order chi connectivity index (χ0) is 15.6. The molecule has 1 aromatic rings. The summed E-state index contributed by atoms with van der Waals surface area (Å²) >= 11 is 0. The maximum Gasteiger partial charge on any atom is 0.309 e. The molecule has 1 fully saturated rings. The number of phenols is 2. The van der Waals surface area contributed by atoms with Crippen LogP contribution in [0.15, 0.2) is 18.2 Å². The van der Waals surface area contributed by atoms with Crippen molar-refractivity contribution in [2.75, 3.05) is 13.1 Å². The summed E-state index contributed by atoms with van der Waals surface area (Å²) in [4.78, 5) is 13.6. The van der Waals surface area contributed by atoms with E-state index in [9.17, 15) is 20.1 Å². The first-order valence-corrected chi connectivity index (χ1v) is 7.27. The van der Waals surface area contributed by atoms with E-state index in [0.29, 0.717) is 13.1 Å². The smallest absolute Gasteiger partial charge is 0.309 e. The molecule has 2 rings (SSSR count). The molecule has 5 nitrogen and oxygen atoms in total. The molecule has 21 heavy (non-hydrogen) atoms. The molecule has 1 aromatic carbocycles. The minimum Gasteiger partial charge on any atom is -0.508 e. The molecule has 3 N–H and O–H groups in total. The molecule has 0 radical (unpaired) electrons. The van der Waals surface area contributed by atoms with E-state index < -0.39 is 11.4 Å². The van der Waals surface area contributed by atoms with Crippen molar-refractivity contribution in [2.45, 2.75) is 33.2 Å². The quantitative estimate of drug-likeness (QED) is 0.794. The van der Waals surface area contributed by atoms with E-state index in [1.807, 2.05) is 0 Å². The highest BCUT2D eigenvalue weighted by Gasteiger charge is 2.39. The third-order valence-corrected chi connectivity index (χ3v) is 4.54. The van der Waals surface area contributed by atoms with Crippen LogP contribution in [0.2, 0.25) is 0 Å². The highest BCUT2D eigenvalue weighted by molar-refractivity contribution is 5.74. The Labute approximate surface area is 124 Å². The van der Waals surface area contributed by atoms with Crippen LogP contribution in [0.5, 0.6) is 11.5 Å². The van der Waals surface area contributed by atoms with Gasteiger partial charge in [-0.3, -0.25) is 9.69 Å². The lowest BCUT2D eigenvalue weighted by Crippen LogP contribution is -2.44. The van der Waals surface area contributed by atoms with Crippen LogP contribution in [-0.2, 0) is 11.3 Å². The van der Waals surface area contributed by atoms with E-state index in [0.717, 1.165) is 24.9 Å². The third-order valence-electron chi connectivity index (χ3n) is 4.54. The molecular formula is C16H23NO4. The summed E-state index contributed by atoms with van der Waals surface area (Å²) in [6, 6.07) is 4.59. The second-order valence-electron chi connectivity index (χ2n) is 6.41. The number of hydrogen-bond donors (Lipinski definition) is 3. The number of aliphatic carboxylic acids is 1. The van der Waals surface area contributed by atoms with Crippen molar-refractivity contribution in [1.82, 2.24) is 4.90 Å². The molecule has 1 heterocycles. The number of hydrogen-bond acceptors (Lipinski definition) is 4. The summed E-state index contributed by atoms with van der Waals surface area (Å²) in [5.41, 5.74) is 0.0111. The molecule has 1 atom stereocenters. The number of likely N-dealkylation sites (tertiary alicyclic amines) is 1. The van der Waals surface area contributed by atoms with Crippen LogP contribution < -0.4 is 0 Å². The summed E-state index contributed by atoms with van der Waals surface area (Å²) in [5, 5.41) is 28.5. The van der Waals surface area contributed by atoms with Gasteiger partial charge in [0, 0.05) is 24.7 Å². The number of carboxylic acids is 1. The Morgan fingerprint density at radius 3 is 2.71 bits per heavy atom. The van der Waals surface area contributed by atoms with Crippen molar-refractivity contribution >= 4 is 5.97 Å². The fourth-order valence-electron chi connectivity index (χ4n) is 2.89. The van der Waals surface area contributed by atoms with Crippen LogP contribution in [0, 0.1) is 11.3 Å². The number of carbonyl (C=O) groups is 1. The molecule has 0 spiro atoms. The van der Waals surface area contributed by atoms with Crippen molar-refractivity contribution in [2.24, 2.45) is 11.3 Å². The molecule has 1 aliphatic heterocycles. The van der Waals surface area contributed by atoms with E-state index in [1.54, 1.807) is 26.0 Å². The topological polar surface area (TPSA) is 81.0 Å². The molecule has 116 valence electrons. The zero-order valence-corrected chi connectivity index (χ0v) is 12.5. The van der Waals surface area contributed by atoms with Crippen molar-refractivity contribution in [3.05, 3.63) is 23.8 Å². The van der Waals surface area contributed by atoms with E-state index in [1.165, 1.54) is 6.07 Å². The Hall–Kier alpha value is -1.75. The monoisotopic (exact) mass is 293 g/mol. The fraction of sp³-hybridized carbons (Fsp3) is 0.562. The molecule has 0 bridgehead atoms. The first-order valence-electron chi connectivity index (χ1n) is 7.27. The Balaban J connectivity index is 2.06. The summed E-state index contributed by atoms with van der Waals surface area (Å²) < 4.78 is 0. The number of carboxylic acid groups (broad SMARTS) is 1. The average molecular weight is 293 g/mol. The van der Waals surface area contributed by atoms with E-state index in [-0.39, 0.29) is 17.4 Å². The van der Waals surface area contributed by atoms with Crippen LogP contribution in [0.1, 0.15) is 32.3 Å². The predicted molar refractivity (Wildman–Crippen MR) is 79.2 cm³/mol. The van der Waals surface area contributed by atoms with Gasteiger partial charge in [0.1, 0.15) is 11.5 Å². The maximum atomic E-state index is 11.4. The normalized spacial score (nSPS) is 20.4. The van der Waals surface area contributed by atoms with Gasteiger partial charge in [-0.1, -0.05) is 6.07 Å². The Morgan fingerprint density at radius 2 is 2.10 bits per heavy atom. The number of rotatable bonds is 4. The predicted octanol–water partition coefficient (Wildman–Crippen LogP) is 2.42. The summed E-state index contributed by atoms with van der Waals surface area (Å²) in [7, 11) is 0. The van der Waals surface area contributed by atoms with Crippen LogP contribution in [0.4, 0.5) is 0 Å². The lowest BCUT2D eigenvalue weighted by atomic mass is 9.74. The highest BCUT2D eigenvalue weighted by Crippen LogP contribution is 2.35. The molecule has 1 unspecified atom stereocenters. The van der Waals surface area contributed by atoms with E-state index in [4.69, 9.17) is 0 Å². The van der Waals surface area contributed by atoms with Gasteiger partial charge in [-0.05, 0) is 45.2 Å².